The van der Waals surface area contributed by atoms with E-state index in [0.29, 0.717) is 11.1 Å². The third-order valence-electron chi connectivity index (χ3n) is 3.55. The van der Waals surface area contributed by atoms with Crippen molar-refractivity contribution >= 4 is 33.4 Å². The molecule has 6 nitrogen and oxygen atoms in total. The minimum absolute atomic E-state index is 0.0773. The number of carbonyl (C=O) groups excluding carboxylic acids is 2. The number of carbonyl (C=O) groups is 2. The Labute approximate surface area is 146 Å². The number of hydrogen-bond acceptors (Lipinski definition) is 5. The number of hydrogen-bond donors (Lipinski definition) is 0. The van der Waals surface area contributed by atoms with Crippen LogP contribution in [0.3, 0.4) is 0 Å². The van der Waals surface area contributed by atoms with E-state index < -0.39 is 16.8 Å². The summed E-state index contributed by atoms with van der Waals surface area (Å²) in [6, 6.07) is 12.3. The molecule has 0 aliphatic carbocycles. The Hall–Kier alpha value is -2.54. The largest absolute Gasteiger partial charge is 0.469 e. The third-order valence-corrected chi connectivity index (χ3v) is 4.08. The van der Waals surface area contributed by atoms with Crippen molar-refractivity contribution in [3.8, 4) is 0 Å². The maximum atomic E-state index is 12.4. The number of methoxy groups -OCH3 is 1. The standard InChI is InChI=1S/C17H14BrNO5/c1-24-17(21)15(11-4-8-14(9-5-11)19(22)23)10-16(20)12-2-6-13(18)7-3-12/h2-9,15H,10H2,1H3. The zero-order valence-corrected chi connectivity index (χ0v) is 14.4. The Morgan fingerprint density at radius 3 is 2.21 bits per heavy atom. The highest BCUT2D eigenvalue weighted by Crippen LogP contribution is 2.26. The van der Waals surface area contributed by atoms with Crippen molar-refractivity contribution in [3.05, 3.63) is 74.2 Å². The summed E-state index contributed by atoms with van der Waals surface area (Å²) >= 11 is 3.29. The van der Waals surface area contributed by atoms with Crippen molar-refractivity contribution in [1.82, 2.24) is 0 Å². The van der Waals surface area contributed by atoms with Crippen LogP contribution >= 0.6 is 15.9 Å². The maximum Gasteiger partial charge on any atom is 0.313 e. The zero-order valence-electron chi connectivity index (χ0n) is 12.8. The van der Waals surface area contributed by atoms with Crippen molar-refractivity contribution in [2.75, 3.05) is 7.11 Å². The number of nitro groups is 1. The van der Waals surface area contributed by atoms with Gasteiger partial charge in [0.05, 0.1) is 18.0 Å². The molecule has 0 aliphatic heterocycles. The van der Waals surface area contributed by atoms with Gasteiger partial charge in [-0.1, -0.05) is 40.2 Å². The van der Waals surface area contributed by atoms with Crippen LogP contribution in [0.25, 0.3) is 0 Å². The number of Topliss-reactive ketones (excluding diaryl/α,β-unsaturated/α-hetero) is 1. The summed E-state index contributed by atoms with van der Waals surface area (Å²) in [6.45, 7) is 0. The lowest BCUT2D eigenvalue weighted by Crippen LogP contribution is -2.18. The van der Waals surface area contributed by atoms with Crippen LogP contribution in [-0.4, -0.2) is 23.8 Å². The number of non-ortho nitro benzene ring substituents is 1. The summed E-state index contributed by atoms with van der Waals surface area (Å²) in [5.41, 5.74) is 0.897. The van der Waals surface area contributed by atoms with Gasteiger partial charge in [0.25, 0.3) is 5.69 Å². The second-order valence-corrected chi connectivity index (χ2v) is 5.97. The van der Waals surface area contributed by atoms with E-state index in [9.17, 15) is 19.7 Å². The van der Waals surface area contributed by atoms with Crippen molar-refractivity contribution < 1.29 is 19.2 Å². The van der Waals surface area contributed by atoms with Gasteiger partial charge in [0.2, 0.25) is 0 Å². The molecule has 0 bridgehead atoms. The summed E-state index contributed by atoms with van der Waals surface area (Å²) in [5.74, 6) is -1.59. The van der Waals surface area contributed by atoms with Gasteiger partial charge in [0.15, 0.2) is 5.78 Å². The van der Waals surface area contributed by atoms with Gasteiger partial charge in [-0.3, -0.25) is 19.7 Å². The first-order valence-corrected chi connectivity index (χ1v) is 7.82. The highest BCUT2D eigenvalue weighted by molar-refractivity contribution is 9.10. The summed E-state index contributed by atoms with van der Waals surface area (Å²) in [7, 11) is 1.24. The topological polar surface area (TPSA) is 86.5 Å². The predicted octanol–water partition coefficient (Wildman–Crippen LogP) is 3.89. The molecule has 1 unspecified atom stereocenters. The summed E-state index contributed by atoms with van der Waals surface area (Å²) in [5, 5.41) is 10.7. The number of benzene rings is 2. The van der Waals surface area contributed by atoms with Gasteiger partial charge in [0, 0.05) is 28.6 Å². The molecule has 0 amide bonds. The molecule has 0 aliphatic rings. The molecule has 24 heavy (non-hydrogen) atoms. The lowest BCUT2D eigenvalue weighted by atomic mass is 9.91. The van der Waals surface area contributed by atoms with Crippen molar-refractivity contribution in [1.29, 1.82) is 0 Å². The van der Waals surface area contributed by atoms with E-state index in [1.807, 2.05) is 0 Å². The zero-order chi connectivity index (χ0) is 17.7. The lowest BCUT2D eigenvalue weighted by Gasteiger charge is -2.14. The minimum Gasteiger partial charge on any atom is -0.469 e. The second-order valence-electron chi connectivity index (χ2n) is 5.06. The Morgan fingerprint density at radius 1 is 1.12 bits per heavy atom. The van der Waals surface area contributed by atoms with Gasteiger partial charge >= 0.3 is 5.97 Å². The van der Waals surface area contributed by atoms with E-state index in [2.05, 4.69) is 15.9 Å². The Bertz CT molecular complexity index is 756. The summed E-state index contributed by atoms with van der Waals surface area (Å²) < 4.78 is 5.61. The maximum absolute atomic E-state index is 12.4. The minimum atomic E-state index is -0.813. The van der Waals surface area contributed by atoms with Crippen LogP contribution in [0.15, 0.2) is 53.0 Å². The Kier molecular flexibility index (Phi) is 5.81. The average molecular weight is 392 g/mol. The molecule has 124 valence electrons. The molecule has 0 heterocycles. The number of rotatable bonds is 6. The Balaban J connectivity index is 2.25. The molecule has 0 aromatic heterocycles. The van der Waals surface area contributed by atoms with Crippen LogP contribution in [0.1, 0.15) is 28.3 Å². The molecule has 2 aromatic rings. The molecule has 0 radical (unpaired) electrons. The lowest BCUT2D eigenvalue weighted by molar-refractivity contribution is -0.384. The fourth-order valence-electron chi connectivity index (χ4n) is 2.25. The van der Waals surface area contributed by atoms with Gasteiger partial charge in [-0.15, -0.1) is 0 Å². The van der Waals surface area contributed by atoms with E-state index in [1.54, 1.807) is 24.3 Å². The molecule has 0 saturated heterocycles. The molecule has 0 spiro atoms. The Morgan fingerprint density at radius 2 is 1.71 bits per heavy atom. The number of halogens is 1. The summed E-state index contributed by atoms with van der Waals surface area (Å²) in [6.07, 6.45) is -0.0773. The molecule has 0 saturated carbocycles. The fraction of sp³-hybridized carbons (Fsp3) is 0.176. The number of esters is 1. The molecular formula is C17H14BrNO5. The first kappa shape index (κ1) is 17.8. The molecular weight excluding hydrogens is 378 g/mol. The monoisotopic (exact) mass is 391 g/mol. The van der Waals surface area contributed by atoms with E-state index in [0.717, 1.165) is 4.47 Å². The van der Waals surface area contributed by atoms with Crippen LogP contribution in [0.5, 0.6) is 0 Å². The normalized spacial score (nSPS) is 11.6. The van der Waals surface area contributed by atoms with E-state index in [4.69, 9.17) is 4.74 Å². The van der Waals surface area contributed by atoms with Gasteiger partial charge in [-0.05, 0) is 17.7 Å². The number of ether oxygens (including phenoxy) is 1. The average Bonchev–Trinajstić information content (AvgIpc) is 2.59. The molecule has 0 fully saturated rings. The first-order chi connectivity index (χ1) is 11.4. The van der Waals surface area contributed by atoms with Gasteiger partial charge in [0.1, 0.15) is 0 Å². The van der Waals surface area contributed by atoms with Crippen LogP contribution in [0, 0.1) is 10.1 Å². The quantitative estimate of drug-likeness (QED) is 0.322. The van der Waals surface area contributed by atoms with E-state index in [1.165, 1.54) is 31.4 Å². The number of nitrogens with zero attached hydrogens (tertiary/aromatic N) is 1. The van der Waals surface area contributed by atoms with Gasteiger partial charge in [-0.25, -0.2) is 0 Å². The SMILES string of the molecule is COC(=O)C(CC(=O)c1ccc(Br)cc1)c1ccc([N+](=O)[O-])cc1. The third kappa shape index (κ3) is 4.26. The molecule has 2 aromatic carbocycles. The van der Waals surface area contributed by atoms with Gasteiger partial charge in [-0.2, -0.15) is 0 Å². The molecule has 2 rings (SSSR count). The highest BCUT2D eigenvalue weighted by Gasteiger charge is 2.25. The van der Waals surface area contributed by atoms with E-state index >= 15 is 0 Å². The number of ketones is 1. The van der Waals surface area contributed by atoms with Crippen LogP contribution in [0.2, 0.25) is 0 Å². The van der Waals surface area contributed by atoms with Crippen LogP contribution in [-0.2, 0) is 9.53 Å². The second kappa shape index (κ2) is 7.83. The van der Waals surface area contributed by atoms with Crippen LogP contribution in [0.4, 0.5) is 5.69 Å². The van der Waals surface area contributed by atoms with E-state index in [-0.39, 0.29) is 17.9 Å². The van der Waals surface area contributed by atoms with Gasteiger partial charge < -0.3 is 4.74 Å². The van der Waals surface area contributed by atoms with Crippen molar-refractivity contribution in [2.24, 2.45) is 0 Å². The fourth-order valence-corrected chi connectivity index (χ4v) is 2.51. The first-order valence-electron chi connectivity index (χ1n) is 7.03. The highest BCUT2D eigenvalue weighted by atomic mass is 79.9. The number of nitro benzene ring substituents is 1. The van der Waals surface area contributed by atoms with Crippen molar-refractivity contribution in [2.45, 2.75) is 12.3 Å². The molecule has 0 N–H and O–H groups in total. The molecule has 1 atom stereocenters. The molecule has 7 heteroatoms. The van der Waals surface area contributed by atoms with Crippen LogP contribution < -0.4 is 0 Å². The smallest absolute Gasteiger partial charge is 0.313 e. The van der Waals surface area contributed by atoms with Crippen molar-refractivity contribution in [3.63, 3.8) is 0 Å². The summed E-state index contributed by atoms with van der Waals surface area (Å²) in [4.78, 5) is 34.6. The predicted molar refractivity (Wildman–Crippen MR) is 90.9 cm³/mol.